The number of primary amides is 1. The smallest absolute Gasteiger partial charge is 0.314 e. The molecule has 7 heteroatoms. The minimum absolute atomic E-state index is 0.276. The number of unbranched alkanes of at least 4 members (excludes halogenated alkanes) is 1. The average Bonchev–Trinajstić information content (AvgIpc) is 2.33. The third kappa shape index (κ3) is 11.1. The summed E-state index contributed by atoms with van der Waals surface area (Å²) in [5.74, 6) is -1.55. The maximum absolute atomic E-state index is 11.3. The lowest BCUT2D eigenvalue weighted by Gasteiger charge is -2.08. The average molecular weight is 273 g/mol. The van der Waals surface area contributed by atoms with Crippen molar-refractivity contribution in [3.8, 4) is 0 Å². The number of carboxylic acid groups (broad SMARTS) is 1. The third-order valence-corrected chi connectivity index (χ3v) is 2.66. The van der Waals surface area contributed by atoms with Gasteiger partial charge in [0.2, 0.25) is 5.91 Å². The van der Waals surface area contributed by atoms with Crippen LogP contribution in [0.15, 0.2) is 0 Å². The number of hydrogen-bond donors (Lipinski definition) is 4. The van der Waals surface area contributed by atoms with E-state index in [-0.39, 0.29) is 11.9 Å². The van der Waals surface area contributed by atoms with Gasteiger partial charge in [-0.1, -0.05) is 6.92 Å². The minimum atomic E-state index is -0.820. The first-order valence-electron chi connectivity index (χ1n) is 6.46. The van der Waals surface area contributed by atoms with Gasteiger partial charge in [-0.3, -0.25) is 9.59 Å². The molecule has 0 saturated carbocycles. The van der Waals surface area contributed by atoms with Crippen LogP contribution in [-0.2, 0) is 9.59 Å². The van der Waals surface area contributed by atoms with Crippen molar-refractivity contribution in [2.24, 2.45) is 11.7 Å². The lowest BCUT2D eigenvalue weighted by molar-refractivity contribution is -0.141. The summed E-state index contributed by atoms with van der Waals surface area (Å²) < 4.78 is 0. The highest BCUT2D eigenvalue weighted by atomic mass is 16.4. The van der Waals surface area contributed by atoms with E-state index < -0.39 is 11.9 Å². The summed E-state index contributed by atoms with van der Waals surface area (Å²) in [6.07, 6.45) is 2.85. The Morgan fingerprint density at radius 2 is 1.68 bits per heavy atom. The molecule has 19 heavy (non-hydrogen) atoms. The Morgan fingerprint density at radius 3 is 2.21 bits per heavy atom. The Morgan fingerprint density at radius 1 is 1.11 bits per heavy atom. The quantitative estimate of drug-likeness (QED) is 0.431. The van der Waals surface area contributed by atoms with Gasteiger partial charge in [0.1, 0.15) is 0 Å². The molecule has 0 spiro atoms. The molecule has 0 aliphatic rings. The molecule has 0 aromatic carbocycles. The maximum atomic E-state index is 11.3. The molecule has 0 aromatic rings. The number of amides is 3. The Bertz CT molecular complexity index is 307. The summed E-state index contributed by atoms with van der Waals surface area (Å²) in [6.45, 7) is 2.58. The van der Waals surface area contributed by atoms with Crippen molar-refractivity contribution < 1.29 is 19.5 Å². The van der Waals surface area contributed by atoms with Crippen LogP contribution in [0.5, 0.6) is 0 Å². The zero-order chi connectivity index (χ0) is 14.7. The van der Waals surface area contributed by atoms with Crippen LogP contribution in [0.3, 0.4) is 0 Å². The third-order valence-electron chi connectivity index (χ3n) is 2.66. The molecule has 0 saturated heterocycles. The Kier molecular flexibility index (Phi) is 9.20. The largest absolute Gasteiger partial charge is 0.481 e. The van der Waals surface area contributed by atoms with Crippen molar-refractivity contribution in [2.45, 2.75) is 39.0 Å². The van der Waals surface area contributed by atoms with Crippen molar-refractivity contribution in [1.82, 2.24) is 10.6 Å². The molecule has 0 radical (unpaired) electrons. The molecule has 1 unspecified atom stereocenters. The summed E-state index contributed by atoms with van der Waals surface area (Å²) in [6, 6.07) is -0.276. The van der Waals surface area contributed by atoms with Crippen LogP contribution < -0.4 is 16.4 Å². The van der Waals surface area contributed by atoms with Crippen LogP contribution in [0.25, 0.3) is 0 Å². The first kappa shape index (κ1) is 17.2. The van der Waals surface area contributed by atoms with Gasteiger partial charge in [0, 0.05) is 19.5 Å². The van der Waals surface area contributed by atoms with Crippen LogP contribution >= 0.6 is 0 Å². The van der Waals surface area contributed by atoms with Crippen molar-refractivity contribution in [1.29, 1.82) is 0 Å². The van der Waals surface area contributed by atoms with Crippen LogP contribution in [0.1, 0.15) is 39.0 Å². The number of hydrogen-bond acceptors (Lipinski definition) is 3. The van der Waals surface area contributed by atoms with Crippen LogP contribution in [0.4, 0.5) is 4.79 Å². The highest BCUT2D eigenvalue weighted by molar-refractivity contribution is 5.74. The highest BCUT2D eigenvalue weighted by Crippen LogP contribution is 2.03. The van der Waals surface area contributed by atoms with Crippen molar-refractivity contribution in [3.05, 3.63) is 0 Å². The Balaban J connectivity index is 3.40. The zero-order valence-electron chi connectivity index (χ0n) is 11.3. The Hall–Kier alpha value is -1.79. The van der Waals surface area contributed by atoms with Gasteiger partial charge in [0.25, 0.3) is 0 Å². The summed E-state index contributed by atoms with van der Waals surface area (Å²) >= 11 is 0. The van der Waals surface area contributed by atoms with Gasteiger partial charge in [0.15, 0.2) is 0 Å². The van der Waals surface area contributed by atoms with Gasteiger partial charge in [-0.2, -0.15) is 0 Å². The normalized spacial score (nSPS) is 11.6. The first-order valence-corrected chi connectivity index (χ1v) is 6.46. The molecule has 0 aromatic heterocycles. The van der Waals surface area contributed by atoms with E-state index >= 15 is 0 Å². The van der Waals surface area contributed by atoms with Gasteiger partial charge in [-0.15, -0.1) is 0 Å². The van der Waals surface area contributed by atoms with Gasteiger partial charge in [0.05, 0.1) is 5.92 Å². The standard InChI is InChI=1S/C12H23N3O4/c1-9(11(17)18)5-4-8-15-12(19)14-7-3-2-6-10(13)16/h9H,2-8H2,1H3,(H2,13,16)(H,17,18)(H2,14,15,19). The maximum Gasteiger partial charge on any atom is 0.314 e. The molecule has 0 fully saturated rings. The zero-order valence-corrected chi connectivity index (χ0v) is 11.3. The molecule has 110 valence electrons. The molecule has 0 bridgehead atoms. The molecule has 3 amide bonds. The molecule has 0 aliphatic carbocycles. The van der Waals surface area contributed by atoms with Crippen molar-refractivity contribution in [2.75, 3.05) is 13.1 Å². The lowest BCUT2D eigenvalue weighted by atomic mass is 10.1. The second-order valence-electron chi connectivity index (χ2n) is 4.49. The number of urea groups is 1. The van der Waals surface area contributed by atoms with Gasteiger partial charge >= 0.3 is 12.0 Å². The van der Waals surface area contributed by atoms with E-state index in [1.165, 1.54) is 0 Å². The van der Waals surface area contributed by atoms with E-state index in [1.807, 2.05) is 0 Å². The molecule has 0 rings (SSSR count). The van der Waals surface area contributed by atoms with Crippen molar-refractivity contribution in [3.63, 3.8) is 0 Å². The molecule has 0 aliphatic heterocycles. The van der Waals surface area contributed by atoms with Crippen LogP contribution in [0, 0.1) is 5.92 Å². The molecule has 1 atom stereocenters. The number of aliphatic carboxylic acids is 1. The van der Waals surface area contributed by atoms with Gasteiger partial charge < -0.3 is 21.5 Å². The molecule has 7 nitrogen and oxygen atoms in total. The molecular formula is C12H23N3O4. The second-order valence-corrected chi connectivity index (χ2v) is 4.49. The topological polar surface area (TPSA) is 122 Å². The summed E-state index contributed by atoms with van der Waals surface area (Å²) in [7, 11) is 0. The Labute approximate surface area is 112 Å². The molecule has 0 heterocycles. The summed E-state index contributed by atoms with van der Waals surface area (Å²) in [5.41, 5.74) is 4.98. The minimum Gasteiger partial charge on any atom is -0.481 e. The van der Waals surface area contributed by atoms with E-state index in [9.17, 15) is 14.4 Å². The SMILES string of the molecule is CC(CCCNC(=O)NCCCCC(N)=O)C(=O)O. The highest BCUT2D eigenvalue weighted by Gasteiger charge is 2.09. The van der Waals surface area contributed by atoms with E-state index in [0.717, 1.165) is 0 Å². The monoisotopic (exact) mass is 273 g/mol. The fourth-order valence-corrected chi connectivity index (χ4v) is 1.42. The number of carboxylic acids is 1. The fourth-order valence-electron chi connectivity index (χ4n) is 1.42. The molecular weight excluding hydrogens is 250 g/mol. The van der Waals surface area contributed by atoms with Crippen LogP contribution in [0.2, 0.25) is 0 Å². The predicted molar refractivity (Wildman–Crippen MR) is 70.5 cm³/mol. The second kappa shape index (κ2) is 10.2. The van der Waals surface area contributed by atoms with E-state index in [4.69, 9.17) is 10.8 Å². The van der Waals surface area contributed by atoms with Gasteiger partial charge in [-0.05, 0) is 25.7 Å². The predicted octanol–water partition coefficient (Wildman–Crippen LogP) is 0.442. The van der Waals surface area contributed by atoms with Crippen LogP contribution in [-0.4, -0.2) is 36.1 Å². The fraction of sp³-hybridized carbons (Fsp3) is 0.750. The number of carbonyl (C=O) groups is 3. The number of nitrogens with two attached hydrogens (primary N) is 1. The van der Waals surface area contributed by atoms with E-state index in [2.05, 4.69) is 10.6 Å². The summed E-state index contributed by atoms with van der Waals surface area (Å²) in [4.78, 5) is 32.3. The first-order chi connectivity index (χ1) is 8.93. The number of nitrogens with one attached hydrogen (secondary N) is 2. The van der Waals surface area contributed by atoms with E-state index in [0.29, 0.717) is 45.2 Å². The lowest BCUT2D eigenvalue weighted by Crippen LogP contribution is -2.36. The van der Waals surface area contributed by atoms with Crippen molar-refractivity contribution >= 4 is 17.9 Å². The number of carbonyl (C=O) groups excluding carboxylic acids is 2. The van der Waals surface area contributed by atoms with Gasteiger partial charge in [-0.25, -0.2) is 4.79 Å². The number of rotatable bonds is 10. The summed E-state index contributed by atoms with van der Waals surface area (Å²) in [5, 5.41) is 14.0. The molecule has 5 N–H and O–H groups in total. The van der Waals surface area contributed by atoms with E-state index in [1.54, 1.807) is 6.92 Å².